The lowest BCUT2D eigenvalue weighted by molar-refractivity contribution is 0.344. The Morgan fingerprint density at radius 2 is 1.88 bits per heavy atom. The van der Waals surface area contributed by atoms with E-state index in [1.807, 2.05) is 0 Å². The lowest BCUT2D eigenvalue weighted by Gasteiger charge is -2.34. The van der Waals surface area contributed by atoms with Crippen molar-refractivity contribution in [3.63, 3.8) is 0 Å². The van der Waals surface area contributed by atoms with Crippen molar-refractivity contribution in [1.29, 1.82) is 0 Å². The van der Waals surface area contributed by atoms with Crippen LogP contribution in [0, 0.1) is 0 Å². The summed E-state index contributed by atoms with van der Waals surface area (Å²) in [5.41, 5.74) is 0.0495. The molecule has 17 heavy (non-hydrogen) atoms. The van der Waals surface area contributed by atoms with Crippen molar-refractivity contribution in [1.82, 2.24) is 15.0 Å². The molecule has 1 aromatic rings. The van der Waals surface area contributed by atoms with Gasteiger partial charge in [-0.25, -0.2) is 0 Å². The van der Waals surface area contributed by atoms with Gasteiger partial charge in [0.1, 0.15) is 0 Å². The van der Waals surface area contributed by atoms with Crippen LogP contribution < -0.4 is 10.1 Å². The highest BCUT2D eigenvalue weighted by molar-refractivity contribution is 6.28. The van der Waals surface area contributed by atoms with E-state index in [9.17, 15) is 0 Å². The van der Waals surface area contributed by atoms with E-state index in [4.69, 9.17) is 16.3 Å². The van der Waals surface area contributed by atoms with Gasteiger partial charge >= 0.3 is 6.01 Å². The van der Waals surface area contributed by atoms with Gasteiger partial charge in [-0.05, 0) is 31.4 Å². The first kappa shape index (κ1) is 12.4. The normalized spacial score (nSPS) is 18.8. The van der Waals surface area contributed by atoms with Gasteiger partial charge in [0.2, 0.25) is 11.2 Å². The predicted molar refractivity (Wildman–Crippen MR) is 66.5 cm³/mol. The minimum absolute atomic E-state index is 0.0495. The number of aromatic nitrogens is 3. The Morgan fingerprint density at radius 1 is 1.18 bits per heavy atom. The molecule has 0 atom stereocenters. The zero-order chi connectivity index (χ0) is 12.3. The van der Waals surface area contributed by atoms with E-state index in [2.05, 4.69) is 27.2 Å². The first-order valence-corrected chi connectivity index (χ1v) is 6.23. The van der Waals surface area contributed by atoms with Crippen LogP contribution in [0.3, 0.4) is 0 Å². The summed E-state index contributed by atoms with van der Waals surface area (Å²) in [6.45, 7) is 2.19. The van der Waals surface area contributed by atoms with E-state index >= 15 is 0 Å². The zero-order valence-electron chi connectivity index (χ0n) is 10.2. The SMILES string of the molecule is COc1nc(Cl)nc(NC2(C)CCCCC2)n1. The number of hydrogen-bond acceptors (Lipinski definition) is 5. The summed E-state index contributed by atoms with van der Waals surface area (Å²) < 4.78 is 4.97. The van der Waals surface area contributed by atoms with Crippen molar-refractivity contribution in [2.75, 3.05) is 12.4 Å². The van der Waals surface area contributed by atoms with Gasteiger partial charge in [-0.15, -0.1) is 0 Å². The third-order valence-electron chi connectivity index (χ3n) is 3.14. The second kappa shape index (κ2) is 5.04. The highest BCUT2D eigenvalue weighted by atomic mass is 35.5. The molecule has 0 aromatic carbocycles. The summed E-state index contributed by atoms with van der Waals surface area (Å²) in [6.07, 6.45) is 6.02. The topological polar surface area (TPSA) is 59.9 Å². The molecule has 1 N–H and O–H groups in total. The third kappa shape index (κ3) is 3.19. The predicted octanol–water partition coefficient (Wildman–Crippen LogP) is 2.67. The molecule has 5 nitrogen and oxygen atoms in total. The molecule has 1 aliphatic carbocycles. The van der Waals surface area contributed by atoms with Crippen molar-refractivity contribution >= 4 is 17.5 Å². The fourth-order valence-corrected chi connectivity index (χ4v) is 2.36. The molecule has 1 saturated carbocycles. The first-order valence-electron chi connectivity index (χ1n) is 5.85. The Morgan fingerprint density at radius 3 is 2.53 bits per heavy atom. The van der Waals surface area contributed by atoms with Crippen LogP contribution in [0.5, 0.6) is 6.01 Å². The Labute approximate surface area is 106 Å². The maximum atomic E-state index is 5.81. The van der Waals surface area contributed by atoms with Crippen LogP contribution in [0.15, 0.2) is 0 Å². The second-order valence-electron chi connectivity index (χ2n) is 4.66. The van der Waals surface area contributed by atoms with E-state index in [1.165, 1.54) is 26.4 Å². The minimum atomic E-state index is 0.0495. The van der Waals surface area contributed by atoms with Crippen molar-refractivity contribution in [2.24, 2.45) is 0 Å². The van der Waals surface area contributed by atoms with E-state index in [1.54, 1.807) is 0 Å². The molecule has 0 bridgehead atoms. The summed E-state index contributed by atoms with van der Waals surface area (Å²) in [4.78, 5) is 12.1. The molecule has 0 saturated heterocycles. The number of hydrogen-bond donors (Lipinski definition) is 1. The number of anilines is 1. The molecular weight excluding hydrogens is 240 g/mol. The monoisotopic (exact) mass is 256 g/mol. The number of rotatable bonds is 3. The molecular formula is C11H17ClN4O. The lowest BCUT2D eigenvalue weighted by atomic mass is 9.83. The number of nitrogens with zero attached hydrogens (tertiary/aromatic N) is 3. The Bertz CT molecular complexity index is 393. The maximum absolute atomic E-state index is 5.81. The number of ether oxygens (including phenoxy) is 1. The molecule has 1 fully saturated rings. The third-order valence-corrected chi connectivity index (χ3v) is 3.31. The van der Waals surface area contributed by atoms with Crippen molar-refractivity contribution < 1.29 is 4.74 Å². The van der Waals surface area contributed by atoms with Gasteiger partial charge in [0.15, 0.2) is 0 Å². The highest BCUT2D eigenvalue weighted by Crippen LogP contribution is 2.30. The highest BCUT2D eigenvalue weighted by Gasteiger charge is 2.27. The molecule has 94 valence electrons. The quantitative estimate of drug-likeness (QED) is 0.901. The Kier molecular flexibility index (Phi) is 3.66. The van der Waals surface area contributed by atoms with Crippen LogP contribution >= 0.6 is 11.6 Å². The van der Waals surface area contributed by atoms with Crippen molar-refractivity contribution in [3.8, 4) is 6.01 Å². The number of halogens is 1. The van der Waals surface area contributed by atoms with Crippen LogP contribution in [0.2, 0.25) is 5.28 Å². The van der Waals surface area contributed by atoms with Gasteiger partial charge in [-0.2, -0.15) is 15.0 Å². The van der Waals surface area contributed by atoms with Gasteiger partial charge in [0, 0.05) is 5.54 Å². The van der Waals surface area contributed by atoms with Crippen LogP contribution in [0.25, 0.3) is 0 Å². The standard InChI is InChI=1S/C11H17ClN4O/c1-11(6-4-3-5-7-11)16-9-13-8(12)14-10(15-9)17-2/h3-7H2,1-2H3,(H,13,14,15,16). The zero-order valence-corrected chi connectivity index (χ0v) is 10.9. The van der Waals surface area contributed by atoms with Gasteiger partial charge in [-0.3, -0.25) is 0 Å². The average Bonchev–Trinajstić information content (AvgIpc) is 2.28. The summed E-state index contributed by atoms with van der Waals surface area (Å²) >= 11 is 5.81. The molecule has 1 aliphatic rings. The second-order valence-corrected chi connectivity index (χ2v) is 5.00. The van der Waals surface area contributed by atoms with Crippen LogP contribution in [-0.4, -0.2) is 27.6 Å². The van der Waals surface area contributed by atoms with E-state index in [0.29, 0.717) is 5.95 Å². The fourth-order valence-electron chi connectivity index (χ4n) is 2.21. The summed E-state index contributed by atoms with van der Waals surface area (Å²) in [5, 5.41) is 3.50. The van der Waals surface area contributed by atoms with Crippen molar-refractivity contribution in [3.05, 3.63) is 5.28 Å². The van der Waals surface area contributed by atoms with E-state index in [0.717, 1.165) is 12.8 Å². The molecule has 0 unspecified atom stereocenters. The molecule has 0 aliphatic heterocycles. The van der Waals surface area contributed by atoms with Gasteiger partial charge in [-0.1, -0.05) is 19.3 Å². The molecule has 2 rings (SSSR count). The molecule has 1 heterocycles. The average molecular weight is 257 g/mol. The molecule has 0 radical (unpaired) electrons. The Hall–Kier alpha value is -1.10. The Balaban J connectivity index is 2.14. The molecule has 6 heteroatoms. The smallest absolute Gasteiger partial charge is 0.322 e. The van der Waals surface area contributed by atoms with Crippen LogP contribution in [0.4, 0.5) is 5.95 Å². The fraction of sp³-hybridized carbons (Fsp3) is 0.727. The van der Waals surface area contributed by atoms with Gasteiger partial charge < -0.3 is 10.1 Å². The molecule has 0 spiro atoms. The first-order chi connectivity index (χ1) is 8.11. The minimum Gasteiger partial charge on any atom is -0.467 e. The van der Waals surface area contributed by atoms with E-state index < -0.39 is 0 Å². The van der Waals surface area contributed by atoms with Gasteiger partial charge in [0.25, 0.3) is 0 Å². The van der Waals surface area contributed by atoms with Gasteiger partial charge in [0.05, 0.1) is 7.11 Å². The van der Waals surface area contributed by atoms with Crippen LogP contribution in [0.1, 0.15) is 39.0 Å². The lowest BCUT2D eigenvalue weighted by Crippen LogP contribution is -2.37. The number of methoxy groups -OCH3 is 1. The van der Waals surface area contributed by atoms with Crippen molar-refractivity contribution in [2.45, 2.75) is 44.6 Å². The molecule has 1 aromatic heterocycles. The molecule has 0 amide bonds. The summed E-state index contributed by atoms with van der Waals surface area (Å²) in [7, 11) is 1.51. The summed E-state index contributed by atoms with van der Waals surface area (Å²) in [5.74, 6) is 0.492. The largest absolute Gasteiger partial charge is 0.467 e. The summed E-state index contributed by atoms with van der Waals surface area (Å²) in [6, 6.07) is 0.243. The van der Waals surface area contributed by atoms with E-state index in [-0.39, 0.29) is 16.8 Å². The maximum Gasteiger partial charge on any atom is 0.322 e. The number of nitrogens with one attached hydrogen (secondary N) is 1. The van der Waals surface area contributed by atoms with Crippen LogP contribution in [-0.2, 0) is 0 Å².